The van der Waals surface area contributed by atoms with Gasteiger partial charge in [0, 0.05) is 18.7 Å². The van der Waals surface area contributed by atoms with E-state index in [4.69, 9.17) is 4.74 Å². The van der Waals surface area contributed by atoms with E-state index in [1.54, 1.807) is 12.1 Å². The van der Waals surface area contributed by atoms with Crippen LogP contribution in [0, 0.1) is 5.92 Å². The molecule has 98 valence electrons. The van der Waals surface area contributed by atoms with Crippen LogP contribution < -0.4 is 5.32 Å². The van der Waals surface area contributed by atoms with E-state index in [2.05, 4.69) is 5.32 Å². The molecule has 2 rings (SSSR count). The lowest BCUT2D eigenvalue weighted by Crippen LogP contribution is -2.34. The second kappa shape index (κ2) is 6.52. The molecule has 1 aliphatic rings. The number of rotatable bonds is 7. The van der Waals surface area contributed by atoms with Crippen molar-refractivity contribution >= 4 is 5.91 Å². The summed E-state index contributed by atoms with van der Waals surface area (Å²) in [7, 11) is 0. The quantitative estimate of drug-likeness (QED) is 0.763. The lowest BCUT2D eigenvalue weighted by Gasteiger charge is -2.12. The summed E-state index contributed by atoms with van der Waals surface area (Å²) < 4.78 is 5.36. The first kappa shape index (κ1) is 13.1. The first-order valence-electron chi connectivity index (χ1n) is 6.35. The van der Waals surface area contributed by atoms with Crippen LogP contribution in [0.4, 0.5) is 0 Å². The number of hydrogen-bond donors (Lipinski definition) is 2. The number of aliphatic hydroxyl groups excluding tert-OH is 1. The molecular weight excluding hydrogens is 230 g/mol. The van der Waals surface area contributed by atoms with Gasteiger partial charge in [-0.1, -0.05) is 18.2 Å². The molecule has 0 saturated heterocycles. The van der Waals surface area contributed by atoms with Gasteiger partial charge in [-0.3, -0.25) is 4.79 Å². The third-order valence-corrected chi connectivity index (χ3v) is 2.89. The Morgan fingerprint density at radius 2 is 2.11 bits per heavy atom. The fourth-order valence-electron chi connectivity index (χ4n) is 1.62. The second-order valence-corrected chi connectivity index (χ2v) is 4.71. The molecule has 0 radical (unpaired) electrons. The van der Waals surface area contributed by atoms with Crippen LogP contribution in [0.15, 0.2) is 30.3 Å². The van der Waals surface area contributed by atoms with Gasteiger partial charge in [-0.25, -0.2) is 0 Å². The van der Waals surface area contributed by atoms with Gasteiger partial charge in [0.05, 0.1) is 12.7 Å². The Balaban J connectivity index is 1.62. The number of carbonyl (C=O) groups is 1. The number of ether oxygens (including phenoxy) is 1. The Morgan fingerprint density at radius 1 is 1.39 bits per heavy atom. The minimum absolute atomic E-state index is 0.170. The van der Waals surface area contributed by atoms with Gasteiger partial charge < -0.3 is 15.2 Å². The molecule has 18 heavy (non-hydrogen) atoms. The molecule has 0 aromatic heterocycles. The zero-order valence-electron chi connectivity index (χ0n) is 10.3. The molecule has 0 spiro atoms. The summed E-state index contributed by atoms with van der Waals surface area (Å²) in [5.74, 6) is 0.521. The number of aliphatic hydroxyl groups is 1. The van der Waals surface area contributed by atoms with Crippen molar-refractivity contribution in [1.82, 2.24) is 5.32 Å². The first-order chi connectivity index (χ1) is 8.75. The van der Waals surface area contributed by atoms with E-state index in [-0.39, 0.29) is 19.1 Å². The van der Waals surface area contributed by atoms with Crippen LogP contribution in [0.2, 0.25) is 0 Å². The maximum Gasteiger partial charge on any atom is 0.251 e. The number of hydrogen-bond acceptors (Lipinski definition) is 3. The highest BCUT2D eigenvalue weighted by Crippen LogP contribution is 2.28. The van der Waals surface area contributed by atoms with Gasteiger partial charge >= 0.3 is 0 Å². The van der Waals surface area contributed by atoms with Crippen molar-refractivity contribution < 1.29 is 14.6 Å². The first-order valence-corrected chi connectivity index (χ1v) is 6.35. The van der Waals surface area contributed by atoms with Gasteiger partial charge in [0.15, 0.2) is 0 Å². The number of amides is 1. The Bertz CT molecular complexity index is 376. The molecule has 0 heterocycles. The van der Waals surface area contributed by atoms with Crippen LogP contribution in [0.1, 0.15) is 23.2 Å². The van der Waals surface area contributed by atoms with Crippen molar-refractivity contribution in [3.05, 3.63) is 35.9 Å². The van der Waals surface area contributed by atoms with Gasteiger partial charge in [-0.15, -0.1) is 0 Å². The molecule has 4 nitrogen and oxygen atoms in total. The molecule has 1 atom stereocenters. The van der Waals surface area contributed by atoms with Gasteiger partial charge in [0.1, 0.15) is 0 Å². The fraction of sp³-hybridized carbons (Fsp3) is 0.500. The zero-order chi connectivity index (χ0) is 12.8. The summed E-state index contributed by atoms with van der Waals surface area (Å²) in [6.45, 7) is 1.23. The lowest BCUT2D eigenvalue weighted by atomic mass is 10.2. The topological polar surface area (TPSA) is 58.6 Å². The number of nitrogens with one attached hydrogen (secondary N) is 1. The molecule has 0 bridgehead atoms. The van der Waals surface area contributed by atoms with E-state index < -0.39 is 6.10 Å². The van der Waals surface area contributed by atoms with Crippen LogP contribution in [-0.2, 0) is 4.74 Å². The summed E-state index contributed by atoms with van der Waals surface area (Å²) in [5.41, 5.74) is 0.601. The predicted octanol–water partition coefficient (Wildman–Crippen LogP) is 1.20. The Kier molecular flexibility index (Phi) is 4.73. The van der Waals surface area contributed by atoms with E-state index in [1.165, 1.54) is 12.8 Å². The summed E-state index contributed by atoms with van der Waals surface area (Å²) in [6.07, 6.45) is 1.83. The molecule has 1 aromatic rings. The third-order valence-electron chi connectivity index (χ3n) is 2.89. The highest BCUT2D eigenvalue weighted by atomic mass is 16.5. The summed E-state index contributed by atoms with van der Waals surface area (Å²) in [5, 5.41) is 12.3. The highest BCUT2D eigenvalue weighted by molar-refractivity contribution is 5.94. The largest absolute Gasteiger partial charge is 0.389 e. The van der Waals surface area contributed by atoms with Crippen molar-refractivity contribution in [2.24, 2.45) is 5.92 Å². The van der Waals surface area contributed by atoms with Crippen molar-refractivity contribution in [3.63, 3.8) is 0 Å². The van der Waals surface area contributed by atoms with Crippen molar-refractivity contribution in [2.45, 2.75) is 18.9 Å². The van der Waals surface area contributed by atoms with Gasteiger partial charge in [0.25, 0.3) is 5.91 Å². The second-order valence-electron chi connectivity index (χ2n) is 4.71. The Morgan fingerprint density at radius 3 is 2.78 bits per heavy atom. The molecule has 1 aromatic carbocycles. The summed E-state index contributed by atoms with van der Waals surface area (Å²) in [6, 6.07) is 8.96. The summed E-state index contributed by atoms with van der Waals surface area (Å²) >= 11 is 0. The fourth-order valence-corrected chi connectivity index (χ4v) is 1.62. The molecule has 0 aliphatic heterocycles. The van der Waals surface area contributed by atoms with E-state index in [0.29, 0.717) is 11.5 Å². The number of carbonyl (C=O) groups excluding carboxylic acids is 1. The lowest BCUT2D eigenvalue weighted by molar-refractivity contribution is 0.0320. The normalized spacial score (nSPS) is 16.3. The van der Waals surface area contributed by atoms with Crippen molar-refractivity contribution in [2.75, 3.05) is 19.8 Å². The summed E-state index contributed by atoms with van der Waals surface area (Å²) in [4.78, 5) is 11.7. The van der Waals surface area contributed by atoms with Crippen LogP contribution in [-0.4, -0.2) is 36.9 Å². The van der Waals surface area contributed by atoms with E-state index in [9.17, 15) is 9.90 Å². The van der Waals surface area contributed by atoms with E-state index in [1.807, 2.05) is 18.2 Å². The average Bonchev–Trinajstić information content (AvgIpc) is 3.21. The van der Waals surface area contributed by atoms with Crippen molar-refractivity contribution in [1.29, 1.82) is 0 Å². The van der Waals surface area contributed by atoms with Gasteiger partial charge in [-0.05, 0) is 30.9 Å². The molecule has 2 N–H and O–H groups in total. The van der Waals surface area contributed by atoms with Gasteiger partial charge in [-0.2, -0.15) is 0 Å². The SMILES string of the molecule is O=C(NCC(O)COCC1CC1)c1ccccc1. The Labute approximate surface area is 107 Å². The molecule has 4 heteroatoms. The maximum absolute atomic E-state index is 11.7. The monoisotopic (exact) mass is 249 g/mol. The number of benzene rings is 1. The van der Waals surface area contributed by atoms with Crippen molar-refractivity contribution in [3.8, 4) is 0 Å². The standard InChI is InChI=1S/C14H19NO3/c16-13(10-18-9-11-6-7-11)8-15-14(17)12-4-2-1-3-5-12/h1-5,11,13,16H,6-10H2,(H,15,17). The zero-order valence-corrected chi connectivity index (χ0v) is 10.3. The molecule has 1 aliphatic carbocycles. The minimum atomic E-state index is -0.642. The Hall–Kier alpha value is -1.39. The molecule has 1 unspecified atom stereocenters. The third kappa shape index (κ3) is 4.47. The van der Waals surface area contributed by atoms with Crippen LogP contribution in [0.25, 0.3) is 0 Å². The maximum atomic E-state index is 11.7. The van der Waals surface area contributed by atoms with Gasteiger partial charge in [0.2, 0.25) is 0 Å². The smallest absolute Gasteiger partial charge is 0.251 e. The minimum Gasteiger partial charge on any atom is -0.389 e. The van der Waals surface area contributed by atoms with Crippen LogP contribution in [0.5, 0.6) is 0 Å². The molecule has 1 amide bonds. The van der Waals surface area contributed by atoms with E-state index in [0.717, 1.165) is 6.61 Å². The average molecular weight is 249 g/mol. The molecular formula is C14H19NO3. The highest BCUT2D eigenvalue weighted by Gasteiger charge is 2.21. The van der Waals surface area contributed by atoms with E-state index >= 15 is 0 Å². The molecule has 1 saturated carbocycles. The van der Waals surface area contributed by atoms with Crippen LogP contribution in [0.3, 0.4) is 0 Å². The predicted molar refractivity (Wildman–Crippen MR) is 68.3 cm³/mol. The molecule has 1 fully saturated rings. The van der Waals surface area contributed by atoms with Crippen LogP contribution >= 0.6 is 0 Å².